The summed E-state index contributed by atoms with van der Waals surface area (Å²) in [5, 5.41) is 6.54. The van der Waals surface area contributed by atoms with Crippen LogP contribution in [0, 0.1) is 0 Å². The SMILES string of the molecule is C=CCNC(=NC)NCC1CCCN1CC.I. The molecule has 0 aliphatic carbocycles. The number of nitrogens with one attached hydrogen (secondary N) is 2. The molecule has 1 fully saturated rings. The Labute approximate surface area is 122 Å². The third kappa shape index (κ3) is 5.72. The van der Waals surface area contributed by atoms with Crippen LogP contribution in [0.1, 0.15) is 19.8 Å². The molecule has 4 nitrogen and oxygen atoms in total. The van der Waals surface area contributed by atoms with E-state index in [2.05, 4.69) is 34.0 Å². The lowest BCUT2D eigenvalue weighted by molar-refractivity contribution is 0.267. The van der Waals surface area contributed by atoms with E-state index in [9.17, 15) is 0 Å². The average Bonchev–Trinajstić information content (AvgIpc) is 2.77. The van der Waals surface area contributed by atoms with Gasteiger partial charge in [-0.05, 0) is 25.9 Å². The minimum atomic E-state index is 0. The summed E-state index contributed by atoms with van der Waals surface area (Å²) < 4.78 is 0. The Morgan fingerprint density at radius 1 is 1.53 bits per heavy atom. The molecular weight excluding hydrogens is 327 g/mol. The highest BCUT2D eigenvalue weighted by Crippen LogP contribution is 2.15. The monoisotopic (exact) mass is 352 g/mol. The van der Waals surface area contributed by atoms with Gasteiger partial charge in [0.1, 0.15) is 0 Å². The normalized spacial score (nSPS) is 20.8. The molecule has 1 heterocycles. The first-order chi connectivity index (χ1) is 7.81. The number of likely N-dealkylation sites (N-methyl/N-ethyl adjacent to an activating group) is 1. The van der Waals surface area contributed by atoms with Gasteiger partial charge in [0.25, 0.3) is 0 Å². The predicted octanol–water partition coefficient (Wildman–Crippen LogP) is 1.44. The van der Waals surface area contributed by atoms with Crippen molar-refractivity contribution in [2.45, 2.75) is 25.8 Å². The Morgan fingerprint density at radius 3 is 2.88 bits per heavy atom. The molecule has 0 aromatic rings. The molecule has 1 atom stereocenters. The highest BCUT2D eigenvalue weighted by molar-refractivity contribution is 14.0. The zero-order chi connectivity index (χ0) is 11.8. The van der Waals surface area contributed by atoms with Crippen LogP contribution in [0.15, 0.2) is 17.6 Å². The summed E-state index contributed by atoms with van der Waals surface area (Å²) in [5.74, 6) is 0.864. The highest BCUT2D eigenvalue weighted by Gasteiger charge is 2.22. The first-order valence-electron chi connectivity index (χ1n) is 6.11. The van der Waals surface area contributed by atoms with Gasteiger partial charge < -0.3 is 10.6 Å². The Hall–Kier alpha value is -0.300. The number of rotatable bonds is 5. The molecule has 0 saturated carbocycles. The van der Waals surface area contributed by atoms with Gasteiger partial charge in [-0.2, -0.15) is 0 Å². The predicted molar refractivity (Wildman–Crippen MR) is 85.2 cm³/mol. The first kappa shape index (κ1) is 16.7. The summed E-state index contributed by atoms with van der Waals surface area (Å²) in [6, 6.07) is 0.660. The zero-order valence-electron chi connectivity index (χ0n) is 10.9. The van der Waals surface area contributed by atoms with Crippen LogP contribution >= 0.6 is 24.0 Å². The number of nitrogens with zero attached hydrogens (tertiary/aromatic N) is 2. The summed E-state index contributed by atoms with van der Waals surface area (Å²) in [5.41, 5.74) is 0. The summed E-state index contributed by atoms with van der Waals surface area (Å²) in [7, 11) is 1.80. The van der Waals surface area contributed by atoms with E-state index < -0.39 is 0 Å². The Bertz CT molecular complexity index is 243. The molecule has 1 aliphatic rings. The van der Waals surface area contributed by atoms with Crippen LogP contribution in [-0.4, -0.2) is 50.1 Å². The van der Waals surface area contributed by atoms with E-state index in [1.807, 2.05) is 6.08 Å². The molecule has 2 N–H and O–H groups in total. The van der Waals surface area contributed by atoms with Gasteiger partial charge in [0.15, 0.2) is 5.96 Å². The second-order valence-electron chi connectivity index (χ2n) is 4.05. The third-order valence-electron chi connectivity index (χ3n) is 3.05. The van der Waals surface area contributed by atoms with E-state index in [1.165, 1.54) is 19.4 Å². The van der Waals surface area contributed by atoms with Crippen LogP contribution in [0.2, 0.25) is 0 Å². The number of hydrogen-bond acceptors (Lipinski definition) is 2. The van der Waals surface area contributed by atoms with Crippen molar-refractivity contribution in [3.8, 4) is 0 Å². The average molecular weight is 352 g/mol. The second kappa shape index (κ2) is 9.70. The van der Waals surface area contributed by atoms with Crippen LogP contribution in [0.5, 0.6) is 0 Å². The van der Waals surface area contributed by atoms with Crippen molar-refractivity contribution < 1.29 is 0 Å². The van der Waals surface area contributed by atoms with Gasteiger partial charge in [-0.15, -0.1) is 30.6 Å². The zero-order valence-corrected chi connectivity index (χ0v) is 13.2. The van der Waals surface area contributed by atoms with E-state index in [0.717, 1.165) is 25.6 Å². The van der Waals surface area contributed by atoms with Gasteiger partial charge in [-0.3, -0.25) is 9.89 Å². The maximum absolute atomic E-state index is 4.17. The second-order valence-corrected chi connectivity index (χ2v) is 4.05. The molecule has 0 spiro atoms. The molecule has 1 unspecified atom stereocenters. The van der Waals surface area contributed by atoms with E-state index in [0.29, 0.717) is 6.04 Å². The molecule has 1 saturated heterocycles. The smallest absolute Gasteiger partial charge is 0.191 e. The van der Waals surface area contributed by atoms with Crippen molar-refractivity contribution in [3.63, 3.8) is 0 Å². The molecule has 1 rings (SSSR count). The van der Waals surface area contributed by atoms with Crippen molar-refractivity contribution in [3.05, 3.63) is 12.7 Å². The molecule has 17 heavy (non-hydrogen) atoms. The van der Waals surface area contributed by atoms with Crippen molar-refractivity contribution in [1.82, 2.24) is 15.5 Å². The van der Waals surface area contributed by atoms with Crippen molar-refractivity contribution in [2.24, 2.45) is 4.99 Å². The van der Waals surface area contributed by atoms with E-state index in [1.54, 1.807) is 7.05 Å². The summed E-state index contributed by atoms with van der Waals surface area (Å²) in [6.45, 7) is 10.0. The molecule has 0 aromatic heterocycles. The van der Waals surface area contributed by atoms with E-state index in [4.69, 9.17) is 0 Å². The Morgan fingerprint density at radius 2 is 2.29 bits per heavy atom. The van der Waals surface area contributed by atoms with Crippen LogP contribution in [0.4, 0.5) is 0 Å². The third-order valence-corrected chi connectivity index (χ3v) is 3.05. The topological polar surface area (TPSA) is 39.7 Å². The number of halogens is 1. The molecular formula is C12H25IN4. The van der Waals surface area contributed by atoms with Gasteiger partial charge in [0, 0.05) is 26.2 Å². The van der Waals surface area contributed by atoms with Gasteiger partial charge in [0.05, 0.1) is 0 Å². The van der Waals surface area contributed by atoms with Gasteiger partial charge in [0.2, 0.25) is 0 Å². The Balaban J connectivity index is 0.00000256. The minimum Gasteiger partial charge on any atom is -0.355 e. The van der Waals surface area contributed by atoms with Crippen LogP contribution in [-0.2, 0) is 0 Å². The number of aliphatic imine (C=N–C) groups is 1. The first-order valence-corrected chi connectivity index (χ1v) is 6.11. The quantitative estimate of drug-likeness (QED) is 0.341. The van der Waals surface area contributed by atoms with Gasteiger partial charge in [-0.1, -0.05) is 13.0 Å². The molecule has 5 heteroatoms. The molecule has 1 aliphatic heterocycles. The molecule has 0 amide bonds. The van der Waals surface area contributed by atoms with Crippen LogP contribution in [0.3, 0.4) is 0 Å². The number of guanidine groups is 1. The van der Waals surface area contributed by atoms with Crippen molar-refractivity contribution in [2.75, 3.05) is 33.2 Å². The van der Waals surface area contributed by atoms with E-state index >= 15 is 0 Å². The standard InChI is InChI=1S/C12H24N4.HI/c1-4-8-14-12(13-3)15-10-11-7-6-9-16(11)5-2;/h4,11H,1,5-10H2,2-3H3,(H2,13,14,15);1H. The molecule has 0 radical (unpaired) electrons. The fraction of sp³-hybridized carbons (Fsp3) is 0.750. The number of likely N-dealkylation sites (tertiary alicyclic amines) is 1. The highest BCUT2D eigenvalue weighted by atomic mass is 127. The Kier molecular flexibility index (Phi) is 9.53. The summed E-state index contributed by atoms with van der Waals surface area (Å²) in [4.78, 5) is 6.69. The molecule has 0 aromatic carbocycles. The van der Waals surface area contributed by atoms with Crippen molar-refractivity contribution >= 4 is 29.9 Å². The fourth-order valence-electron chi connectivity index (χ4n) is 2.15. The largest absolute Gasteiger partial charge is 0.355 e. The fourth-order valence-corrected chi connectivity index (χ4v) is 2.15. The molecule has 0 bridgehead atoms. The van der Waals surface area contributed by atoms with E-state index in [-0.39, 0.29) is 24.0 Å². The summed E-state index contributed by atoms with van der Waals surface area (Å²) in [6.07, 6.45) is 4.44. The van der Waals surface area contributed by atoms with Gasteiger partial charge in [-0.25, -0.2) is 0 Å². The lowest BCUT2D eigenvalue weighted by Crippen LogP contribution is -2.44. The van der Waals surface area contributed by atoms with Crippen molar-refractivity contribution in [1.29, 1.82) is 0 Å². The minimum absolute atomic E-state index is 0. The molecule has 100 valence electrons. The summed E-state index contributed by atoms with van der Waals surface area (Å²) >= 11 is 0. The number of hydrogen-bond donors (Lipinski definition) is 2. The lowest BCUT2D eigenvalue weighted by Gasteiger charge is -2.23. The maximum atomic E-state index is 4.17. The van der Waals surface area contributed by atoms with Crippen LogP contribution in [0.25, 0.3) is 0 Å². The van der Waals surface area contributed by atoms with Gasteiger partial charge >= 0.3 is 0 Å². The maximum Gasteiger partial charge on any atom is 0.191 e. The van der Waals surface area contributed by atoms with Crippen LogP contribution < -0.4 is 10.6 Å². The lowest BCUT2D eigenvalue weighted by atomic mass is 10.2.